The molecule has 1 saturated carbocycles. The van der Waals surface area contributed by atoms with E-state index in [-0.39, 0.29) is 29.2 Å². The van der Waals surface area contributed by atoms with Crippen molar-refractivity contribution < 1.29 is 9.59 Å². The first-order valence-electron chi connectivity index (χ1n) is 7.49. The molecule has 0 aromatic heterocycles. The average molecular weight is 298 g/mol. The molecule has 4 nitrogen and oxygen atoms in total. The predicted molar refractivity (Wildman–Crippen MR) is 82.8 cm³/mol. The number of nitrogens with zero attached hydrogens (tertiary/aromatic N) is 1. The van der Waals surface area contributed by atoms with E-state index in [1.165, 1.54) is 4.90 Å². The van der Waals surface area contributed by atoms with Gasteiger partial charge in [-0.1, -0.05) is 34.1 Å². The van der Waals surface area contributed by atoms with E-state index in [0.29, 0.717) is 12.3 Å². The van der Waals surface area contributed by atoms with Crippen LogP contribution in [0.15, 0.2) is 0 Å². The summed E-state index contributed by atoms with van der Waals surface area (Å²) in [5.41, 5.74) is -0.842. The average Bonchev–Trinajstić information content (AvgIpc) is 2.62. The highest BCUT2D eigenvalue weighted by atomic mass is 32.1. The number of carbonyl (C=O) groups excluding carboxylic acids is 2. The van der Waals surface area contributed by atoms with Crippen molar-refractivity contribution in [2.45, 2.75) is 52.5 Å². The Morgan fingerprint density at radius 3 is 2.35 bits per heavy atom. The topological polar surface area (TPSA) is 49.4 Å². The van der Waals surface area contributed by atoms with Crippen molar-refractivity contribution in [3.8, 4) is 0 Å². The first kappa shape index (κ1) is 15.7. The summed E-state index contributed by atoms with van der Waals surface area (Å²) in [6, 6.07) is -0.231. The van der Waals surface area contributed by atoms with E-state index in [1.54, 1.807) is 0 Å². The zero-order valence-electron chi connectivity index (χ0n) is 12.9. The molecule has 20 heavy (non-hydrogen) atoms. The van der Waals surface area contributed by atoms with Crippen molar-refractivity contribution in [1.29, 1.82) is 0 Å². The van der Waals surface area contributed by atoms with Crippen LogP contribution in [0.4, 0.5) is 4.79 Å². The number of rotatable bonds is 3. The molecule has 1 aliphatic carbocycles. The van der Waals surface area contributed by atoms with Crippen molar-refractivity contribution in [2.24, 2.45) is 17.3 Å². The van der Waals surface area contributed by atoms with Crippen molar-refractivity contribution in [3.63, 3.8) is 0 Å². The summed E-state index contributed by atoms with van der Waals surface area (Å²) in [7, 11) is 0. The van der Waals surface area contributed by atoms with Crippen LogP contribution in [0.5, 0.6) is 0 Å². The summed E-state index contributed by atoms with van der Waals surface area (Å²) in [4.78, 5) is 26.6. The van der Waals surface area contributed by atoms with E-state index < -0.39 is 5.54 Å². The molecule has 2 aliphatic rings. The molecular formula is C15H26N2O2S. The van der Waals surface area contributed by atoms with Gasteiger partial charge in [0.25, 0.3) is 5.91 Å². The third kappa shape index (κ3) is 2.34. The number of nitrogens with one attached hydrogen (secondary N) is 1. The lowest BCUT2D eigenvalue weighted by molar-refractivity contribution is -0.137. The van der Waals surface area contributed by atoms with Crippen LogP contribution in [0, 0.1) is 17.3 Å². The zero-order chi connectivity index (χ0) is 15.1. The summed E-state index contributed by atoms with van der Waals surface area (Å²) < 4.78 is 0. The van der Waals surface area contributed by atoms with Gasteiger partial charge in [0.15, 0.2) is 0 Å². The van der Waals surface area contributed by atoms with E-state index in [2.05, 4.69) is 31.8 Å². The highest BCUT2D eigenvalue weighted by Gasteiger charge is 2.58. The Morgan fingerprint density at radius 1 is 1.30 bits per heavy atom. The van der Waals surface area contributed by atoms with Crippen LogP contribution in [0.25, 0.3) is 0 Å². The molecule has 2 atom stereocenters. The second-order valence-corrected chi connectivity index (χ2v) is 7.56. The second kappa shape index (κ2) is 5.24. The molecule has 3 amide bonds. The third-order valence-corrected chi connectivity index (χ3v) is 5.86. The fourth-order valence-corrected chi connectivity index (χ4v) is 3.67. The minimum absolute atomic E-state index is 0.0305. The molecule has 5 heteroatoms. The number of hydrogen-bond acceptors (Lipinski definition) is 3. The monoisotopic (exact) mass is 298 g/mol. The molecule has 2 unspecified atom stereocenters. The van der Waals surface area contributed by atoms with Gasteiger partial charge in [-0.15, -0.1) is 0 Å². The molecule has 1 spiro atoms. The molecular weight excluding hydrogens is 272 g/mol. The molecule has 2 rings (SSSR count). The second-order valence-electron chi connectivity index (χ2n) is 7.25. The summed E-state index contributed by atoms with van der Waals surface area (Å²) in [6.45, 7) is 8.66. The van der Waals surface area contributed by atoms with Gasteiger partial charge in [0.1, 0.15) is 5.54 Å². The number of carbonyl (C=O) groups is 2. The number of thiol groups is 1. The van der Waals surface area contributed by atoms with Gasteiger partial charge >= 0.3 is 6.03 Å². The van der Waals surface area contributed by atoms with Gasteiger partial charge in [0.05, 0.1) is 0 Å². The number of hydrogen-bond donors (Lipinski definition) is 2. The molecule has 1 heterocycles. The van der Waals surface area contributed by atoms with Crippen LogP contribution in [-0.2, 0) is 4.79 Å². The minimum atomic E-state index is -0.679. The number of amides is 3. The van der Waals surface area contributed by atoms with Crippen molar-refractivity contribution in [3.05, 3.63) is 0 Å². The highest BCUT2D eigenvalue weighted by Crippen LogP contribution is 2.42. The smallest absolute Gasteiger partial charge is 0.323 e. The maximum atomic E-state index is 12.9. The van der Waals surface area contributed by atoms with E-state index in [0.717, 1.165) is 19.3 Å². The van der Waals surface area contributed by atoms with E-state index in [1.807, 2.05) is 13.8 Å². The van der Waals surface area contributed by atoms with Crippen LogP contribution < -0.4 is 5.32 Å². The molecule has 114 valence electrons. The van der Waals surface area contributed by atoms with Crippen LogP contribution >= 0.6 is 12.6 Å². The van der Waals surface area contributed by atoms with Gasteiger partial charge in [0.2, 0.25) is 0 Å². The number of urea groups is 1. The van der Waals surface area contributed by atoms with Gasteiger partial charge in [-0.2, -0.15) is 12.6 Å². The summed E-state index contributed by atoms with van der Waals surface area (Å²) in [5.74, 6) is 1.01. The Hall–Kier alpha value is -0.710. The fraction of sp³-hybridized carbons (Fsp3) is 0.867. The molecule has 1 saturated heterocycles. The van der Waals surface area contributed by atoms with Crippen molar-refractivity contribution >= 4 is 24.6 Å². The van der Waals surface area contributed by atoms with Crippen molar-refractivity contribution in [2.75, 3.05) is 12.3 Å². The lowest BCUT2D eigenvalue weighted by Crippen LogP contribution is -2.59. The van der Waals surface area contributed by atoms with Crippen LogP contribution in [-0.4, -0.2) is 34.7 Å². The molecule has 0 aromatic carbocycles. The Morgan fingerprint density at radius 2 is 1.85 bits per heavy atom. The van der Waals surface area contributed by atoms with Crippen LogP contribution in [0.3, 0.4) is 0 Å². The third-order valence-electron chi connectivity index (χ3n) is 5.00. The Bertz CT molecular complexity index is 412. The molecule has 1 aliphatic heterocycles. The zero-order valence-corrected chi connectivity index (χ0v) is 13.8. The Kier molecular flexibility index (Phi) is 4.11. The molecule has 0 radical (unpaired) electrons. The maximum absolute atomic E-state index is 12.9. The predicted octanol–water partition coefficient (Wildman–Crippen LogP) is 2.69. The SMILES string of the molecule is CC1CCCC(C)C12NC(=O)N(CC(C)(C)CS)C2=O. The largest absolute Gasteiger partial charge is 0.325 e. The lowest BCUT2D eigenvalue weighted by Gasteiger charge is -2.42. The summed E-state index contributed by atoms with van der Waals surface area (Å²) in [6.07, 6.45) is 3.13. The first-order valence-corrected chi connectivity index (χ1v) is 8.13. The Balaban J connectivity index is 2.28. The Labute approximate surface area is 127 Å². The minimum Gasteiger partial charge on any atom is -0.323 e. The quantitative estimate of drug-likeness (QED) is 0.622. The molecule has 2 fully saturated rings. The van der Waals surface area contributed by atoms with Gasteiger partial charge in [-0.25, -0.2) is 4.79 Å². The lowest BCUT2D eigenvalue weighted by atomic mass is 9.67. The van der Waals surface area contributed by atoms with Gasteiger partial charge in [-0.3, -0.25) is 9.69 Å². The molecule has 0 bridgehead atoms. The standard InChI is InChI=1S/C15H26N2O2S/c1-10-6-5-7-11(2)15(10)12(18)17(13(19)16-15)8-14(3,4)9-20/h10-11,20H,5-9H2,1-4H3,(H,16,19). The number of imide groups is 1. The van der Waals surface area contributed by atoms with Crippen molar-refractivity contribution in [1.82, 2.24) is 10.2 Å². The molecule has 0 aromatic rings. The van der Waals surface area contributed by atoms with Gasteiger partial charge in [-0.05, 0) is 35.8 Å². The summed E-state index contributed by atoms with van der Waals surface area (Å²) >= 11 is 4.32. The molecule has 1 N–H and O–H groups in total. The first-order chi connectivity index (χ1) is 9.24. The highest BCUT2D eigenvalue weighted by molar-refractivity contribution is 7.80. The van der Waals surface area contributed by atoms with E-state index in [9.17, 15) is 9.59 Å². The fourth-order valence-electron chi connectivity index (χ4n) is 3.57. The van der Waals surface area contributed by atoms with Crippen LogP contribution in [0.2, 0.25) is 0 Å². The van der Waals surface area contributed by atoms with E-state index in [4.69, 9.17) is 0 Å². The van der Waals surface area contributed by atoms with Gasteiger partial charge in [0, 0.05) is 6.54 Å². The summed E-state index contributed by atoms with van der Waals surface area (Å²) in [5, 5.41) is 3.03. The normalized spacial score (nSPS) is 34.8. The van der Waals surface area contributed by atoms with Crippen LogP contribution in [0.1, 0.15) is 47.0 Å². The van der Waals surface area contributed by atoms with E-state index >= 15 is 0 Å². The van der Waals surface area contributed by atoms with Gasteiger partial charge < -0.3 is 5.32 Å². The maximum Gasteiger partial charge on any atom is 0.325 e.